The predicted octanol–water partition coefficient (Wildman–Crippen LogP) is 3.02. The molecule has 0 radical (unpaired) electrons. The summed E-state index contributed by atoms with van der Waals surface area (Å²) in [5, 5.41) is 4.33. The summed E-state index contributed by atoms with van der Waals surface area (Å²) in [6.07, 6.45) is 1.42. The van der Waals surface area contributed by atoms with Gasteiger partial charge >= 0.3 is 0 Å². The lowest BCUT2D eigenvalue weighted by atomic mass is 10.3. The molecule has 0 saturated heterocycles. The van der Waals surface area contributed by atoms with Gasteiger partial charge in [0.1, 0.15) is 23.6 Å². The summed E-state index contributed by atoms with van der Waals surface area (Å²) >= 11 is 5.78. The van der Waals surface area contributed by atoms with Gasteiger partial charge in [-0.1, -0.05) is 11.6 Å². The fourth-order valence-electron chi connectivity index (χ4n) is 1.74. The molecule has 0 bridgehead atoms. The average molecular weight is 350 g/mol. The van der Waals surface area contributed by atoms with Crippen LogP contribution in [-0.4, -0.2) is 23.2 Å². The quantitative estimate of drug-likeness (QED) is 0.775. The zero-order valence-electron chi connectivity index (χ0n) is 11.3. The Labute approximate surface area is 132 Å². The number of hydrogen-bond acceptors (Lipinski definition) is 5. The van der Waals surface area contributed by atoms with Crippen molar-refractivity contribution in [2.75, 3.05) is 0 Å². The number of hydrogen-bond donors (Lipinski definition) is 0. The van der Waals surface area contributed by atoms with Crippen LogP contribution in [0.5, 0.6) is 5.75 Å². The van der Waals surface area contributed by atoms with E-state index in [1.165, 1.54) is 24.5 Å². The van der Waals surface area contributed by atoms with E-state index in [1.807, 2.05) is 13.8 Å². The van der Waals surface area contributed by atoms with Crippen LogP contribution in [-0.2, 0) is 15.7 Å². The van der Waals surface area contributed by atoms with Crippen LogP contribution in [0.25, 0.3) is 0 Å². The number of rotatable bonds is 5. The van der Waals surface area contributed by atoms with Gasteiger partial charge in [0, 0.05) is 21.7 Å². The molecule has 0 aliphatic heterocycles. The summed E-state index contributed by atoms with van der Waals surface area (Å²) in [5.74, 6) is 0.700. The summed E-state index contributed by atoms with van der Waals surface area (Å²) in [5.41, 5.74) is 0. The van der Waals surface area contributed by atoms with Crippen molar-refractivity contribution in [3.63, 3.8) is 0 Å². The number of ether oxygens (including phenoxy) is 1. The monoisotopic (exact) mass is 349 g/mol. The zero-order valence-corrected chi connectivity index (χ0v) is 13.7. The van der Waals surface area contributed by atoms with E-state index in [1.54, 1.807) is 4.68 Å². The molecule has 0 aliphatic carbocycles. The lowest BCUT2D eigenvalue weighted by molar-refractivity contribution is 0.275. The fourth-order valence-corrected chi connectivity index (χ4v) is 2.98. The molecular formula is C12H13Cl2N3O3S. The second-order valence-electron chi connectivity index (χ2n) is 4.53. The van der Waals surface area contributed by atoms with E-state index in [0.29, 0.717) is 5.82 Å². The molecule has 6 nitrogen and oxygen atoms in total. The summed E-state index contributed by atoms with van der Waals surface area (Å²) in [6.45, 7) is 3.98. The molecule has 114 valence electrons. The largest absolute Gasteiger partial charge is 0.484 e. The average Bonchev–Trinajstić information content (AvgIpc) is 2.84. The van der Waals surface area contributed by atoms with Crippen LogP contribution in [0.3, 0.4) is 0 Å². The van der Waals surface area contributed by atoms with Gasteiger partial charge in [0.05, 0.1) is 0 Å². The van der Waals surface area contributed by atoms with Crippen molar-refractivity contribution < 1.29 is 13.2 Å². The highest BCUT2D eigenvalue weighted by Gasteiger charge is 2.18. The van der Waals surface area contributed by atoms with Crippen molar-refractivity contribution in [2.24, 2.45) is 0 Å². The molecule has 21 heavy (non-hydrogen) atoms. The lowest BCUT2D eigenvalue weighted by Gasteiger charge is -2.12. The Kier molecular flexibility index (Phi) is 4.75. The smallest absolute Gasteiger partial charge is 0.265 e. The third-order valence-electron chi connectivity index (χ3n) is 2.66. The van der Waals surface area contributed by atoms with Gasteiger partial charge in [0.2, 0.25) is 0 Å². The van der Waals surface area contributed by atoms with Crippen LogP contribution in [0, 0.1) is 0 Å². The molecule has 0 atom stereocenters. The Hall–Kier alpha value is -1.31. The molecule has 9 heteroatoms. The van der Waals surface area contributed by atoms with Gasteiger partial charge in [-0.3, -0.25) is 0 Å². The van der Waals surface area contributed by atoms with Gasteiger partial charge in [-0.15, -0.1) is 0 Å². The highest BCUT2D eigenvalue weighted by atomic mass is 35.7. The van der Waals surface area contributed by atoms with E-state index in [0.717, 1.165) is 0 Å². The molecule has 0 fully saturated rings. The summed E-state index contributed by atoms with van der Waals surface area (Å²) in [4.78, 5) is 3.91. The standard InChI is InChI=1S/C12H13Cl2N3O3S/c1-8(2)17-12(15-7-16-17)6-20-10-4-3-9(13)5-11(10)21(14,18)19/h3-5,7-8H,6H2,1-2H3. The van der Waals surface area contributed by atoms with Gasteiger partial charge in [-0.2, -0.15) is 5.10 Å². The normalized spacial score (nSPS) is 11.9. The number of halogens is 2. The van der Waals surface area contributed by atoms with Gasteiger partial charge in [-0.25, -0.2) is 18.1 Å². The highest BCUT2D eigenvalue weighted by molar-refractivity contribution is 8.13. The van der Waals surface area contributed by atoms with Gasteiger partial charge in [-0.05, 0) is 32.0 Å². The van der Waals surface area contributed by atoms with Crippen LogP contribution >= 0.6 is 22.3 Å². The van der Waals surface area contributed by atoms with E-state index in [2.05, 4.69) is 10.1 Å². The first-order valence-corrected chi connectivity index (χ1v) is 8.73. The second-order valence-corrected chi connectivity index (χ2v) is 7.50. The summed E-state index contributed by atoms with van der Waals surface area (Å²) in [6, 6.07) is 4.34. The Bertz CT molecular complexity index is 744. The van der Waals surface area contributed by atoms with Crippen LogP contribution in [0.2, 0.25) is 5.02 Å². The van der Waals surface area contributed by atoms with E-state index in [-0.39, 0.29) is 28.3 Å². The maximum Gasteiger partial charge on any atom is 0.265 e. The minimum absolute atomic E-state index is 0.0687. The Morgan fingerprint density at radius 3 is 2.71 bits per heavy atom. The van der Waals surface area contributed by atoms with Crippen LogP contribution in [0.15, 0.2) is 29.4 Å². The van der Waals surface area contributed by atoms with E-state index in [9.17, 15) is 8.42 Å². The van der Waals surface area contributed by atoms with Gasteiger partial charge in [0.15, 0.2) is 5.82 Å². The zero-order chi connectivity index (χ0) is 15.6. The Balaban J connectivity index is 2.27. The lowest BCUT2D eigenvalue weighted by Crippen LogP contribution is -2.11. The third kappa shape index (κ3) is 3.87. The van der Waals surface area contributed by atoms with Gasteiger partial charge in [0.25, 0.3) is 9.05 Å². The molecule has 0 saturated carbocycles. The molecule has 0 amide bonds. The first-order chi connectivity index (χ1) is 9.79. The predicted molar refractivity (Wildman–Crippen MR) is 79.2 cm³/mol. The maximum atomic E-state index is 11.5. The van der Waals surface area contributed by atoms with Crippen molar-refractivity contribution in [1.29, 1.82) is 0 Å². The maximum absolute atomic E-state index is 11.5. The van der Waals surface area contributed by atoms with Crippen LogP contribution in [0.1, 0.15) is 25.7 Å². The van der Waals surface area contributed by atoms with Crippen LogP contribution in [0.4, 0.5) is 0 Å². The van der Waals surface area contributed by atoms with Crippen molar-refractivity contribution >= 4 is 31.3 Å². The van der Waals surface area contributed by atoms with Crippen molar-refractivity contribution in [3.8, 4) is 5.75 Å². The van der Waals surface area contributed by atoms with E-state index >= 15 is 0 Å². The first-order valence-electron chi connectivity index (χ1n) is 6.04. The minimum Gasteiger partial charge on any atom is -0.484 e. The molecule has 2 rings (SSSR count). The Morgan fingerprint density at radius 1 is 1.38 bits per heavy atom. The number of benzene rings is 1. The Morgan fingerprint density at radius 2 is 2.10 bits per heavy atom. The van der Waals surface area contributed by atoms with E-state index < -0.39 is 9.05 Å². The summed E-state index contributed by atoms with van der Waals surface area (Å²) in [7, 11) is 1.42. The SMILES string of the molecule is CC(C)n1ncnc1COc1ccc(Cl)cc1S(=O)(=O)Cl. The molecule has 0 spiro atoms. The molecule has 2 aromatic rings. The first kappa shape index (κ1) is 16.1. The van der Waals surface area contributed by atoms with Crippen molar-refractivity contribution in [1.82, 2.24) is 14.8 Å². The third-order valence-corrected chi connectivity index (χ3v) is 4.24. The highest BCUT2D eigenvalue weighted by Crippen LogP contribution is 2.30. The number of aromatic nitrogens is 3. The van der Waals surface area contributed by atoms with Crippen LogP contribution < -0.4 is 4.74 Å². The van der Waals surface area contributed by atoms with E-state index in [4.69, 9.17) is 27.0 Å². The van der Waals surface area contributed by atoms with Crippen molar-refractivity contribution in [2.45, 2.75) is 31.4 Å². The fraction of sp³-hybridized carbons (Fsp3) is 0.333. The van der Waals surface area contributed by atoms with Crippen molar-refractivity contribution in [3.05, 3.63) is 35.4 Å². The topological polar surface area (TPSA) is 74.1 Å². The molecular weight excluding hydrogens is 337 g/mol. The van der Waals surface area contributed by atoms with Gasteiger partial charge < -0.3 is 4.74 Å². The molecule has 1 heterocycles. The second kappa shape index (κ2) is 6.21. The minimum atomic E-state index is -3.95. The molecule has 1 aromatic carbocycles. The molecule has 1 aromatic heterocycles. The number of nitrogens with zero attached hydrogens (tertiary/aromatic N) is 3. The molecule has 0 unspecified atom stereocenters. The summed E-state index contributed by atoms with van der Waals surface area (Å²) < 4.78 is 30.3. The molecule has 0 aliphatic rings. The molecule has 0 N–H and O–H groups in total.